The molecule has 0 spiro atoms. The number of carbonyl (C=O) groups excluding carboxylic acids is 1. The van der Waals surface area contributed by atoms with E-state index >= 15 is 0 Å². The molecule has 0 aromatic carbocycles. The van der Waals surface area contributed by atoms with Crippen molar-refractivity contribution in [1.82, 2.24) is 15.1 Å². The maximum Gasteiger partial charge on any atom is 0.310 e. The smallest absolute Gasteiger partial charge is 0.310 e. The molecule has 0 aromatic rings. The van der Waals surface area contributed by atoms with E-state index in [2.05, 4.69) is 47.8 Å². The van der Waals surface area contributed by atoms with Gasteiger partial charge in [-0.2, -0.15) is 0 Å². The van der Waals surface area contributed by atoms with Gasteiger partial charge in [0.15, 0.2) is 5.96 Å². The van der Waals surface area contributed by atoms with Crippen LogP contribution in [0.3, 0.4) is 0 Å². The van der Waals surface area contributed by atoms with Crippen LogP contribution in [0, 0.1) is 11.8 Å². The number of nitrogens with zero attached hydrogens (tertiary/aromatic N) is 3. The molecular formula is C16H33IN4O2. The van der Waals surface area contributed by atoms with Crippen molar-refractivity contribution in [3.8, 4) is 0 Å². The van der Waals surface area contributed by atoms with E-state index < -0.39 is 0 Å². The molecule has 1 aliphatic heterocycles. The monoisotopic (exact) mass is 440 g/mol. The minimum atomic E-state index is -0.123. The van der Waals surface area contributed by atoms with Crippen LogP contribution < -0.4 is 5.32 Å². The predicted octanol–water partition coefficient (Wildman–Crippen LogP) is 1.65. The van der Waals surface area contributed by atoms with Crippen LogP contribution in [-0.4, -0.2) is 74.7 Å². The van der Waals surface area contributed by atoms with Gasteiger partial charge >= 0.3 is 5.97 Å². The van der Waals surface area contributed by atoms with E-state index in [0.29, 0.717) is 12.6 Å². The molecule has 1 saturated heterocycles. The Morgan fingerprint density at radius 3 is 2.48 bits per heavy atom. The van der Waals surface area contributed by atoms with Crippen LogP contribution in [-0.2, 0) is 9.53 Å². The first kappa shape index (κ1) is 22.4. The van der Waals surface area contributed by atoms with Gasteiger partial charge in [-0.3, -0.25) is 14.7 Å². The van der Waals surface area contributed by atoms with Crippen LogP contribution in [0.25, 0.3) is 0 Å². The number of hydrogen-bond acceptors (Lipinski definition) is 4. The van der Waals surface area contributed by atoms with Crippen LogP contribution in [0.4, 0.5) is 0 Å². The molecule has 1 fully saturated rings. The molecular weight excluding hydrogens is 407 g/mol. The second-order valence-electron chi connectivity index (χ2n) is 6.01. The summed E-state index contributed by atoms with van der Waals surface area (Å²) < 4.78 is 4.89. The molecule has 1 N–H and O–H groups in total. The largest absolute Gasteiger partial charge is 0.469 e. The molecule has 7 heteroatoms. The van der Waals surface area contributed by atoms with E-state index in [1.165, 1.54) is 7.11 Å². The number of likely N-dealkylation sites (N-methyl/N-ethyl adjacent to an activating group) is 1. The first-order valence-electron chi connectivity index (χ1n) is 8.25. The molecule has 0 amide bonds. The van der Waals surface area contributed by atoms with E-state index in [0.717, 1.165) is 32.1 Å². The summed E-state index contributed by atoms with van der Waals surface area (Å²) in [6.45, 7) is 13.1. The van der Waals surface area contributed by atoms with Crippen LogP contribution in [0.1, 0.15) is 27.7 Å². The highest BCUT2D eigenvalue weighted by molar-refractivity contribution is 14.0. The fourth-order valence-corrected chi connectivity index (χ4v) is 3.15. The maximum atomic E-state index is 11.8. The van der Waals surface area contributed by atoms with Crippen molar-refractivity contribution < 1.29 is 9.53 Å². The third kappa shape index (κ3) is 6.10. The summed E-state index contributed by atoms with van der Waals surface area (Å²) in [7, 11) is 3.25. The highest BCUT2D eigenvalue weighted by Crippen LogP contribution is 2.24. The quantitative estimate of drug-likeness (QED) is 0.295. The number of hydrogen-bond donors (Lipinski definition) is 1. The molecule has 1 aliphatic rings. The summed E-state index contributed by atoms with van der Waals surface area (Å²) >= 11 is 0. The molecule has 1 rings (SSSR count). The lowest BCUT2D eigenvalue weighted by atomic mass is 9.99. The SMILES string of the molecule is CCN(CC)C(C)CNC(=NC)N1CC(C)C(C(=O)OC)C1.I. The molecule has 0 saturated carbocycles. The van der Waals surface area contributed by atoms with Crippen molar-refractivity contribution in [3.63, 3.8) is 0 Å². The first-order chi connectivity index (χ1) is 10.5. The average molecular weight is 440 g/mol. The molecule has 136 valence electrons. The Balaban J connectivity index is 0.00000484. The third-order valence-corrected chi connectivity index (χ3v) is 4.62. The highest BCUT2D eigenvalue weighted by atomic mass is 127. The molecule has 3 unspecified atom stereocenters. The number of nitrogens with one attached hydrogen (secondary N) is 1. The Morgan fingerprint density at radius 2 is 2.00 bits per heavy atom. The lowest BCUT2D eigenvalue weighted by Crippen LogP contribution is -2.47. The second-order valence-corrected chi connectivity index (χ2v) is 6.01. The number of methoxy groups -OCH3 is 1. The Hall–Kier alpha value is -0.570. The van der Waals surface area contributed by atoms with Crippen molar-refractivity contribution in [2.75, 3.05) is 46.9 Å². The van der Waals surface area contributed by atoms with E-state index in [1.54, 1.807) is 7.05 Å². The molecule has 23 heavy (non-hydrogen) atoms. The number of guanidine groups is 1. The minimum absolute atomic E-state index is 0. The van der Waals surface area contributed by atoms with Gasteiger partial charge in [-0.15, -0.1) is 24.0 Å². The van der Waals surface area contributed by atoms with Crippen molar-refractivity contribution >= 4 is 35.9 Å². The van der Waals surface area contributed by atoms with Gasteiger partial charge in [-0.1, -0.05) is 20.8 Å². The molecule has 0 aromatic heterocycles. The van der Waals surface area contributed by atoms with Crippen LogP contribution in [0.5, 0.6) is 0 Å². The number of halogens is 1. The lowest BCUT2D eigenvalue weighted by Gasteiger charge is -2.29. The number of likely N-dealkylation sites (tertiary alicyclic amines) is 1. The Morgan fingerprint density at radius 1 is 1.39 bits per heavy atom. The molecule has 0 bridgehead atoms. The first-order valence-corrected chi connectivity index (χ1v) is 8.25. The van der Waals surface area contributed by atoms with Gasteiger partial charge in [0.2, 0.25) is 0 Å². The Bertz CT molecular complexity index is 388. The van der Waals surface area contributed by atoms with Crippen molar-refractivity contribution in [2.45, 2.75) is 33.7 Å². The molecule has 1 heterocycles. The molecule has 0 aliphatic carbocycles. The summed E-state index contributed by atoms with van der Waals surface area (Å²) in [6.07, 6.45) is 0. The number of aliphatic imine (C=N–C) groups is 1. The Kier molecular flexibility index (Phi) is 10.8. The summed E-state index contributed by atoms with van der Waals surface area (Å²) in [6, 6.07) is 0.447. The molecule has 3 atom stereocenters. The average Bonchev–Trinajstić information content (AvgIpc) is 2.90. The zero-order valence-corrected chi connectivity index (χ0v) is 17.7. The summed E-state index contributed by atoms with van der Waals surface area (Å²) in [4.78, 5) is 20.7. The standard InChI is InChI=1S/C16H32N4O2.HI/c1-7-19(8-2)13(4)9-18-16(17-5)20-10-12(3)14(11-20)15(21)22-6;/h12-14H,7-11H2,1-6H3,(H,17,18);1H. The van der Waals surface area contributed by atoms with Gasteiger partial charge < -0.3 is 15.0 Å². The number of ether oxygens (including phenoxy) is 1. The van der Waals surface area contributed by atoms with Crippen LogP contribution in [0.15, 0.2) is 4.99 Å². The zero-order valence-electron chi connectivity index (χ0n) is 15.3. The van der Waals surface area contributed by atoms with Gasteiger partial charge in [0.25, 0.3) is 0 Å². The van der Waals surface area contributed by atoms with Gasteiger partial charge in [0, 0.05) is 32.7 Å². The molecule has 6 nitrogen and oxygen atoms in total. The van der Waals surface area contributed by atoms with E-state index in [1.807, 2.05) is 0 Å². The normalized spacial score (nSPS) is 22.7. The van der Waals surface area contributed by atoms with Crippen LogP contribution in [0.2, 0.25) is 0 Å². The second kappa shape index (κ2) is 11.1. The van der Waals surface area contributed by atoms with E-state index in [-0.39, 0.29) is 41.8 Å². The minimum Gasteiger partial charge on any atom is -0.469 e. The van der Waals surface area contributed by atoms with Crippen LogP contribution >= 0.6 is 24.0 Å². The number of rotatable bonds is 6. The van der Waals surface area contributed by atoms with Crippen molar-refractivity contribution in [2.24, 2.45) is 16.8 Å². The summed E-state index contributed by atoms with van der Waals surface area (Å²) in [5.74, 6) is 0.967. The number of carbonyl (C=O) groups is 1. The van der Waals surface area contributed by atoms with Crippen molar-refractivity contribution in [1.29, 1.82) is 0 Å². The summed E-state index contributed by atoms with van der Waals surface area (Å²) in [5.41, 5.74) is 0. The topological polar surface area (TPSA) is 57.2 Å². The van der Waals surface area contributed by atoms with Gasteiger partial charge in [-0.05, 0) is 25.9 Å². The highest BCUT2D eigenvalue weighted by Gasteiger charge is 2.36. The maximum absolute atomic E-state index is 11.8. The van der Waals surface area contributed by atoms with Crippen molar-refractivity contribution in [3.05, 3.63) is 0 Å². The third-order valence-electron chi connectivity index (χ3n) is 4.62. The fraction of sp³-hybridized carbons (Fsp3) is 0.875. The Labute approximate surface area is 158 Å². The predicted molar refractivity (Wildman–Crippen MR) is 105 cm³/mol. The fourth-order valence-electron chi connectivity index (χ4n) is 3.15. The van der Waals surface area contributed by atoms with Gasteiger partial charge in [0.1, 0.15) is 0 Å². The zero-order chi connectivity index (χ0) is 16.7. The summed E-state index contributed by atoms with van der Waals surface area (Å²) in [5, 5.41) is 3.44. The number of esters is 1. The van der Waals surface area contributed by atoms with Gasteiger partial charge in [-0.25, -0.2) is 0 Å². The van der Waals surface area contributed by atoms with Gasteiger partial charge in [0.05, 0.1) is 13.0 Å². The molecule has 0 radical (unpaired) electrons. The van der Waals surface area contributed by atoms with E-state index in [4.69, 9.17) is 4.74 Å². The van der Waals surface area contributed by atoms with E-state index in [9.17, 15) is 4.79 Å². The lowest BCUT2D eigenvalue weighted by molar-refractivity contribution is -0.145.